The summed E-state index contributed by atoms with van der Waals surface area (Å²) in [6.45, 7) is 6.51. The van der Waals surface area contributed by atoms with Crippen molar-refractivity contribution < 1.29 is 4.79 Å². The first-order valence-electron chi connectivity index (χ1n) is 5.07. The highest BCUT2D eigenvalue weighted by Gasteiger charge is 2.16. The highest BCUT2D eigenvalue weighted by atomic mass is 32.1. The molecular formula is C11H18N2OS. The van der Waals surface area contributed by atoms with Crippen molar-refractivity contribution in [1.82, 2.24) is 5.32 Å². The molecule has 3 nitrogen and oxygen atoms in total. The zero-order valence-electron chi connectivity index (χ0n) is 9.41. The van der Waals surface area contributed by atoms with E-state index in [1.165, 1.54) is 11.1 Å². The van der Waals surface area contributed by atoms with Gasteiger partial charge in [-0.1, -0.05) is 13.8 Å². The summed E-state index contributed by atoms with van der Waals surface area (Å²) < 4.78 is 0. The van der Waals surface area contributed by atoms with Crippen LogP contribution >= 0.6 is 11.3 Å². The lowest BCUT2D eigenvalue weighted by atomic mass is 10.0. The van der Waals surface area contributed by atoms with Crippen molar-refractivity contribution in [3.8, 4) is 0 Å². The number of carbonyl (C=O) groups is 1. The fourth-order valence-corrected chi connectivity index (χ4v) is 2.03. The van der Waals surface area contributed by atoms with Crippen LogP contribution in [0.15, 0.2) is 10.8 Å². The number of hydrogen-bond donors (Lipinski definition) is 2. The van der Waals surface area contributed by atoms with E-state index in [0.717, 1.165) is 0 Å². The molecule has 0 spiro atoms. The molecule has 0 aromatic carbocycles. The zero-order chi connectivity index (χ0) is 11.4. The van der Waals surface area contributed by atoms with Gasteiger partial charge in [0.05, 0.1) is 6.04 Å². The van der Waals surface area contributed by atoms with Crippen LogP contribution in [0.2, 0.25) is 0 Å². The molecule has 1 rings (SSSR count). The lowest BCUT2D eigenvalue weighted by Crippen LogP contribution is -2.43. The number of carbonyl (C=O) groups excluding carboxylic acids is 1. The predicted octanol–water partition coefficient (Wildman–Crippen LogP) is 1.66. The third kappa shape index (κ3) is 3.32. The lowest BCUT2D eigenvalue weighted by molar-refractivity contribution is -0.123. The van der Waals surface area contributed by atoms with Gasteiger partial charge in [0.25, 0.3) is 0 Å². The van der Waals surface area contributed by atoms with Crippen LogP contribution in [0.1, 0.15) is 25.0 Å². The largest absolute Gasteiger partial charge is 0.351 e. The molecule has 0 bridgehead atoms. The quantitative estimate of drug-likeness (QED) is 0.820. The normalized spacial score (nSPS) is 12.9. The van der Waals surface area contributed by atoms with E-state index in [2.05, 4.69) is 16.1 Å². The second-order valence-corrected chi connectivity index (χ2v) is 4.81. The van der Waals surface area contributed by atoms with E-state index in [0.29, 0.717) is 6.54 Å². The minimum absolute atomic E-state index is 0.0735. The van der Waals surface area contributed by atoms with Gasteiger partial charge in [-0.15, -0.1) is 0 Å². The number of aryl methyl sites for hydroxylation is 1. The van der Waals surface area contributed by atoms with Gasteiger partial charge in [-0.05, 0) is 34.7 Å². The molecule has 1 amide bonds. The zero-order valence-corrected chi connectivity index (χ0v) is 10.2. The first-order valence-corrected chi connectivity index (χ1v) is 6.01. The first kappa shape index (κ1) is 12.2. The highest BCUT2D eigenvalue weighted by Crippen LogP contribution is 2.13. The van der Waals surface area contributed by atoms with Crippen LogP contribution < -0.4 is 11.1 Å². The van der Waals surface area contributed by atoms with Crippen LogP contribution in [0, 0.1) is 12.8 Å². The van der Waals surface area contributed by atoms with Crippen LogP contribution in [0.25, 0.3) is 0 Å². The number of rotatable bonds is 4. The summed E-state index contributed by atoms with van der Waals surface area (Å²) in [4.78, 5) is 11.6. The van der Waals surface area contributed by atoms with Crippen LogP contribution in [0.5, 0.6) is 0 Å². The third-order valence-electron chi connectivity index (χ3n) is 2.44. The van der Waals surface area contributed by atoms with Crippen molar-refractivity contribution in [2.75, 3.05) is 0 Å². The van der Waals surface area contributed by atoms with Gasteiger partial charge in [-0.3, -0.25) is 4.79 Å². The van der Waals surface area contributed by atoms with E-state index in [9.17, 15) is 4.79 Å². The van der Waals surface area contributed by atoms with Gasteiger partial charge in [0, 0.05) is 6.54 Å². The van der Waals surface area contributed by atoms with Crippen LogP contribution in [-0.2, 0) is 11.3 Å². The van der Waals surface area contributed by atoms with Crippen LogP contribution in [-0.4, -0.2) is 11.9 Å². The SMILES string of the molecule is Cc1cscc1CNC(=O)[C@@H](N)C(C)C. The Labute approximate surface area is 94.7 Å². The Morgan fingerprint density at radius 1 is 1.53 bits per heavy atom. The molecule has 0 saturated heterocycles. The molecule has 0 aliphatic carbocycles. The molecule has 84 valence electrons. The Bertz CT molecular complexity index is 333. The van der Waals surface area contributed by atoms with E-state index >= 15 is 0 Å². The molecule has 0 aliphatic rings. The number of nitrogens with two attached hydrogens (primary N) is 1. The molecule has 1 aromatic heterocycles. The molecule has 1 heterocycles. The van der Waals surface area contributed by atoms with Gasteiger partial charge in [-0.25, -0.2) is 0 Å². The molecule has 3 N–H and O–H groups in total. The molecular weight excluding hydrogens is 208 g/mol. The Morgan fingerprint density at radius 3 is 2.67 bits per heavy atom. The Hall–Kier alpha value is -0.870. The first-order chi connectivity index (χ1) is 7.02. The summed E-state index contributed by atoms with van der Waals surface area (Å²) in [6.07, 6.45) is 0. The monoisotopic (exact) mass is 226 g/mol. The van der Waals surface area contributed by atoms with Crippen molar-refractivity contribution in [3.05, 3.63) is 21.9 Å². The molecule has 1 aromatic rings. The summed E-state index contributed by atoms with van der Waals surface area (Å²) in [5.74, 6) is 0.101. The van der Waals surface area contributed by atoms with Crippen LogP contribution in [0.3, 0.4) is 0 Å². The van der Waals surface area contributed by atoms with Gasteiger partial charge >= 0.3 is 0 Å². The number of nitrogens with one attached hydrogen (secondary N) is 1. The standard InChI is InChI=1S/C11H18N2OS/c1-7(2)10(12)11(14)13-4-9-6-15-5-8(9)3/h5-7,10H,4,12H2,1-3H3,(H,13,14)/t10-/m0/s1. The Kier molecular flexibility index (Phi) is 4.29. The van der Waals surface area contributed by atoms with Crippen molar-refractivity contribution in [1.29, 1.82) is 0 Å². The fourth-order valence-electron chi connectivity index (χ4n) is 1.17. The number of thiophene rings is 1. The second-order valence-electron chi connectivity index (χ2n) is 4.07. The molecule has 0 saturated carbocycles. The summed E-state index contributed by atoms with van der Waals surface area (Å²) >= 11 is 1.65. The molecule has 15 heavy (non-hydrogen) atoms. The molecule has 1 atom stereocenters. The maximum absolute atomic E-state index is 11.6. The van der Waals surface area contributed by atoms with Gasteiger partial charge in [0.1, 0.15) is 0 Å². The van der Waals surface area contributed by atoms with Gasteiger partial charge in [-0.2, -0.15) is 11.3 Å². The summed E-state index contributed by atoms with van der Waals surface area (Å²) in [7, 11) is 0. The van der Waals surface area contributed by atoms with Gasteiger partial charge < -0.3 is 11.1 Å². The topological polar surface area (TPSA) is 55.1 Å². The minimum atomic E-state index is -0.413. The fraction of sp³-hybridized carbons (Fsp3) is 0.545. The average Bonchev–Trinajstić information content (AvgIpc) is 2.59. The molecule has 0 fully saturated rings. The highest BCUT2D eigenvalue weighted by molar-refractivity contribution is 7.08. The molecule has 4 heteroatoms. The third-order valence-corrected chi connectivity index (χ3v) is 3.35. The predicted molar refractivity (Wildman–Crippen MR) is 63.7 cm³/mol. The second kappa shape index (κ2) is 5.28. The van der Waals surface area contributed by atoms with Crippen LogP contribution in [0.4, 0.5) is 0 Å². The van der Waals surface area contributed by atoms with E-state index in [-0.39, 0.29) is 11.8 Å². The Morgan fingerprint density at radius 2 is 2.20 bits per heavy atom. The maximum Gasteiger partial charge on any atom is 0.237 e. The lowest BCUT2D eigenvalue weighted by Gasteiger charge is -2.15. The minimum Gasteiger partial charge on any atom is -0.351 e. The van der Waals surface area contributed by atoms with Crippen molar-refractivity contribution in [3.63, 3.8) is 0 Å². The Balaban J connectivity index is 2.44. The van der Waals surface area contributed by atoms with E-state index in [1.54, 1.807) is 11.3 Å². The smallest absolute Gasteiger partial charge is 0.237 e. The summed E-state index contributed by atoms with van der Waals surface area (Å²) in [6, 6.07) is -0.413. The summed E-state index contributed by atoms with van der Waals surface area (Å²) in [5, 5.41) is 6.98. The van der Waals surface area contributed by atoms with E-state index in [1.807, 2.05) is 20.8 Å². The number of hydrogen-bond acceptors (Lipinski definition) is 3. The van der Waals surface area contributed by atoms with Crippen molar-refractivity contribution >= 4 is 17.2 Å². The van der Waals surface area contributed by atoms with Crippen molar-refractivity contribution in [2.45, 2.75) is 33.4 Å². The summed E-state index contributed by atoms with van der Waals surface area (Å²) in [5.41, 5.74) is 8.12. The molecule has 0 aliphatic heterocycles. The number of amides is 1. The van der Waals surface area contributed by atoms with Crippen molar-refractivity contribution in [2.24, 2.45) is 11.7 Å². The van der Waals surface area contributed by atoms with Gasteiger partial charge in [0.15, 0.2) is 0 Å². The molecule has 0 unspecified atom stereocenters. The van der Waals surface area contributed by atoms with Gasteiger partial charge in [0.2, 0.25) is 5.91 Å². The molecule has 0 radical (unpaired) electrons. The van der Waals surface area contributed by atoms with E-state index in [4.69, 9.17) is 5.73 Å². The van der Waals surface area contributed by atoms with E-state index < -0.39 is 6.04 Å². The maximum atomic E-state index is 11.6. The average molecular weight is 226 g/mol.